The molecule has 7 heteroatoms. The van der Waals surface area contributed by atoms with Crippen LogP contribution in [0.3, 0.4) is 0 Å². The Kier molecular flexibility index (Phi) is 4.16. The number of hydrogen-bond acceptors (Lipinski definition) is 7. The molecule has 126 valence electrons. The molecule has 0 unspecified atom stereocenters. The zero-order valence-corrected chi connectivity index (χ0v) is 13.2. The quantitative estimate of drug-likeness (QED) is 0.568. The summed E-state index contributed by atoms with van der Waals surface area (Å²) in [5, 5.41) is 0. The molecule has 0 aromatic heterocycles. The average molecular weight is 324 g/mol. The molecule has 2 aliphatic heterocycles. The fraction of sp³-hybridized carbons (Fsp3) is 0.625. The zero-order chi connectivity index (χ0) is 16.5. The number of carbonyl (C=O) groups excluding carboxylic acids is 2. The normalized spacial score (nSPS) is 32.3. The van der Waals surface area contributed by atoms with Crippen molar-refractivity contribution in [1.29, 1.82) is 0 Å². The molecule has 0 bridgehead atoms. The predicted octanol–water partition coefficient (Wildman–Crippen LogP) is 1.08. The highest BCUT2D eigenvalue weighted by atomic mass is 16.7. The molecule has 0 aromatic rings. The highest BCUT2D eigenvalue weighted by Gasteiger charge is 2.58. The van der Waals surface area contributed by atoms with Gasteiger partial charge in [0.25, 0.3) is 0 Å². The summed E-state index contributed by atoms with van der Waals surface area (Å²) in [4.78, 5) is 23.2. The second-order valence-electron chi connectivity index (χ2n) is 5.82. The van der Waals surface area contributed by atoms with E-state index >= 15 is 0 Å². The Balaban J connectivity index is 1.91. The third-order valence-corrected chi connectivity index (χ3v) is 4.66. The van der Waals surface area contributed by atoms with Crippen LogP contribution in [0.4, 0.5) is 0 Å². The van der Waals surface area contributed by atoms with E-state index in [1.165, 1.54) is 26.4 Å². The minimum absolute atomic E-state index is 0.314. The molecule has 0 aromatic carbocycles. The van der Waals surface area contributed by atoms with Gasteiger partial charge in [-0.05, 0) is 0 Å². The van der Waals surface area contributed by atoms with Gasteiger partial charge in [-0.15, -0.1) is 0 Å². The van der Waals surface area contributed by atoms with Crippen LogP contribution in [0.15, 0.2) is 24.0 Å². The molecule has 7 nitrogen and oxygen atoms in total. The van der Waals surface area contributed by atoms with Crippen molar-refractivity contribution >= 4 is 11.9 Å². The van der Waals surface area contributed by atoms with Crippen LogP contribution < -0.4 is 0 Å². The predicted molar refractivity (Wildman–Crippen MR) is 77.0 cm³/mol. The number of ether oxygens (including phenoxy) is 5. The summed E-state index contributed by atoms with van der Waals surface area (Å²) in [6.45, 7) is 1.07. The van der Waals surface area contributed by atoms with E-state index in [1.807, 2.05) is 0 Å². The highest BCUT2D eigenvalue weighted by Crippen LogP contribution is 2.51. The maximum absolute atomic E-state index is 11.8. The summed E-state index contributed by atoms with van der Waals surface area (Å²) in [5.41, 5.74) is -0.920. The molecule has 2 fully saturated rings. The van der Waals surface area contributed by atoms with Gasteiger partial charge in [0.15, 0.2) is 11.4 Å². The topological polar surface area (TPSA) is 80.3 Å². The van der Waals surface area contributed by atoms with Crippen LogP contribution in [-0.2, 0) is 33.3 Å². The second kappa shape index (κ2) is 5.98. The summed E-state index contributed by atoms with van der Waals surface area (Å²) in [7, 11) is 2.81. The fourth-order valence-corrected chi connectivity index (χ4v) is 3.56. The Hall–Kier alpha value is -1.86. The van der Waals surface area contributed by atoms with Gasteiger partial charge < -0.3 is 23.7 Å². The number of carbonyl (C=O) groups is 2. The Bertz CT molecular complexity index is 559. The molecule has 2 spiro atoms. The summed E-state index contributed by atoms with van der Waals surface area (Å²) in [6.07, 6.45) is 5.92. The minimum atomic E-state index is -0.920. The van der Waals surface area contributed by atoms with Gasteiger partial charge in [0, 0.05) is 31.3 Å². The maximum Gasteiger partial charge on any atom is 0.335 e. The third-order valence-electron chi connectivity index (χ3n) is 4.66. The Morgan fingerprint density at radius 3 is 2.70 bits per heavy atom. The van der Waals surface area contributed by atoms with E-state index in [2.05, 4.69) is 4.74 Å². The largest absolute Gasteiger partial charge is 0.497 e. The van der Waals surface area contributed by atoms with Gasteiger partial charge in [0.1, 0.15) is 5.76 Å². The number of hydrogen-bond donors (Lipinski definition) is 0. The Morgan fingerprint density at radius 1 is 1.30 bits per heavy atom. The van der Waals surface area contributed by atoms with E-state index in [0.717, 1.165) is 0 Å². The first-order valence-corrected chi connectivity index (χ1v) is 7.57. The van der Waals surface area contributed by atoms with Crippen molar-refractivity contribution in [1.82, 2.24) is 0 Å². The molecule has 2 atom stereocenters. The Morgan fingerprint density at radius 2 is 2.04 bits per heavy atom. The van der Waals surface area contributed by atoms with E-state index in [9.17, 15) is 9.59 Å². The van der Waals surface area contributed by atoms with Crippen LogP contribution in [0.5, 0.6) is 0 Å². The van der Waals surface area contributed by atoms with Crippen molar-refractivity contribution in [3.8, 4) is 0 Å². The fourth-order valence-electron chi connectivity index (χ4n) is 3.56. The van der Waals surface area contributed by atoms with Gasteiger partial charge in [-0.1, -0.05) is 6.08 Å². The van der Waals surface area contributed by atoms with E-state index in [-0.39, 0.29) is 5.92 Å². The number of methoxy groups -OCH3 is 2. The lowest BCUT2D eigenvalue weighted by Crippen LogP contribution is -2.51. The van der Waals surface area contributed by atoms with Crippen molar-refractivity contribution in [3.63, 3.8) is 0 Å². The average Bonchev–Trinajstić information content (AvgIpc) is 3.13. The van der Waals surface area contributed by atoms with Crippen LogP contribution in [0.25, 0.3) is 0 Å². The molecule has 3 aliphatic rings. The van der Waals surface area contributed by atoms with Crippen LogP contribution in [0.2, 0.25) is 0 Å². The lowest BCUT2D eigenvalue weighted by Gasteiger charge is -2.45. The molecule has 23 heavy (non-hydrogen) atoms. The lowest BCUT2D eigenvalue weighted by atomic mass is 9.71. The van der Waals surface area contributed by atoms with Gasteiger partial charge in [-0.3, -0.25) is 0 Å². The zero-order valence-electron chi connectivity index (χ0n) is 13.2. The van der Waals surface area contributed by atoms with E-state index in [0.29, 0.717) is 38.2 Å². The molecule has 0 radical (unpaired) electrons. The SMILES string of the molecule is COC(=O)/C=C/[C@@H]1CC2(CC[C@]13OC(=O)C=C3OC)OCCO2. The number of esters is 2. The molecule has 3 rings (SSSR count). The van der Waals surface area contributed by atoms with Crippen molar-refractivity contribution in [2.75, 3.05) is 27.4 Å². The van der Waals surface area contributed by atoms with Gasteiger partial charge in [-0.25, -0.2) is 9.59 Å². The molecule has 1 saturated heterocycles. The van der Waals surface area contributed by atoms with Gasteiger partial charge in [-0.2, -0.15) is 0 Å². The summed E-state index contributed by atoms with van der Waals surface area (Å²) in [5.74, 6) is -1.45. The van der Waals surface area contributed by atoms with Crippen LogP contribution in [0, 0.1) is 5.92 Å². The van der Waals surface area contributed by atoms with E-state index in [1.54, 1.807) is 6.08 Å². The maximum atomic E-state index is 11.8. The van der Waals surface area contributed by atoms with Gasteiger partial charge >= 0.3 is 11.9 Å². The van der Waals surface area contributed by atoms with Crippen molar-refractivity contribution < 1.29 is 33.3 Å². The Labute approximate surface area is 134 Å². The summed E-state index contributed by atoms with van der Waals surface area (Å²) in [6, 6.07) is 0. The summed E-state index contributed by atoms with van der Waals surface area (Å²) < 4.78 is 27.2. The molecule has 0 N–H and O–H groups in total. The lowest BCUT2D eigenvalue weighted by molar-refractivity contribution is -0.217. The first kappa shape index (κ1) is 16.0. The number of rotatable bonds is 3. The van der Waals surface area contributed by atoms with E-state index in [4.69, 9.17) is 18.9 Å². The van der Waals surface area contributed by atoms with Crippen molar-refractivity contribution in [3.05, 3.63) is 24.0 Å². The highest BCUT2D eigenvalue weighted by molar-refractivity contribution is 5.86. The molecule has 1 aliphatic carbocycles. The molecule has 1 saturated carbocycles. The van der Waals surface area contributed by atoms with E-state index < -0.39 is 23.3 Å². The van der Waals surface area contributed by atoms with Gasteiger partial charge in [0.2, 0.25) is 0 Å². The van der Waals surface area contributed by atoms with Crippen molar-refractivity contribution in [2.24, 2.45) is 5.92 Å². The van der Waals surface area contributed by atoms with Crippen molar-refractivity contribution in [2.45, 2.75) is 30.7 Å². The van der Waals surface area contributed by atoms with Crippen LogP contribution >= 0.6 is 0 Å². The smallest absolute Gasteiger partial charge is 0.335 e. The molecule has 0 amide bonds. The van der Waals surface area contributed by atoms with Crippen LogP contribution in [-0.4, -0.2) is 50.8 Å². The molecule has 2 heterocycles. The van der Waals surface area contributed by atoms with Gasteiger partial charge in [0.05, 0.1) is 33.5 Å². The standard InChI is InChI=1S/C16H20O7/c1-19-12-9-14(18)23-16(12)6-5-15(21-7-8-22-15)10-11(16)3-4-13(17)20-2/h3-4,9,11H,5-8,10H2,1-2H3/b4-3+/t11-,16+/m1/s1. The third kappa shape index (κ3) is 2.74. The van der Waals surface area contributed by atoms with Crippen LogP contribution in [0.1, 0.15) is 19.3 Å². The first-order chi connectivity index (χ1) is 11.0. The monoisotopic (exact) mass is 324 g/mol. The molecular weight excluding hydrogens is 304 g/mol. The second-order valence-corrected chi connectivity index (χ2v) is 5.82. The summed E-state index contributed by atoms with van der Waals surface area (Å²) >= 11 is 0. The molecular formula is C16H20O7. The first-order valence-electron chi connectivity index (χ1n) is 7.57. The minimum Gasteiger partial charge on any atom is -0.497 e.